The van der Waals surface area contributed by atoms with E-state index in [1.807, 2.05) is 0 Å². The monoisotopic (exact) mass is 228 g/mol. The zero-order valence-electron chi connectivity index (χ0n) is 7.93. The van der Waals surface area contributed by atoms with Crippen molar-refractivity contribution in [2.75, 3.05) is 18.5 Å². The second kappa shape index (κ2) is 4.18. The van der Waals surface area contributed by atoms with Crippen molar-refractivity contribution in [2.24, 2.45) is 5.73 Å². The van der Waals surface area contributed by atoms with Gasteiger partial charge in [-0.2, -0.15) is 0 Å². The average molecular weight is 228 g/mol. The fraction of sp³-hybridized carbons (Fsp3) is 0.333. The van der Waals surface area contributed by atoms with Gasteiger partial charge in [-0.25, -0.2) is 0 Å². The van der Waals surface area contributed by atoms with Crippen LogP contribution in [0, 0.1) is 0 Å². The molecule has 0 aromatic heterocycles. The Morgan fingerprint density at radius 2 is 2.33 bits per heavy atom. The first-order valence-electron chi connectivity index (χ1n) is 4.50. The van der Waals surface area contributed by atoms with Crippen LogP contribution in [0.15, 0.2) is 17.0 Å². The van der Waals surface area contributed by atoms with Crippen molar-refractivity contribution in [3.63, 3.8) is 0 Å². The third-order valence-electron chi connectivity index (χ3n) is 1.96. The van der Waals surface area contributed by atoms with Crippen LogP contribution in [-0.2, 0) is 0 Å². The minimum Gasteiger partial charge on any atom is -0.504 e. The molecule has 2 rings (SSSR count). The predicted molar refractivity (Wildman–Crippen MR) is 58.1 cm³/mol. The van der Waals surface area contributed by atoms with Crippen LogP contribution >= 0.6 is 11.8 Å². The molecule has 0 fully saturated rings. The molecule has 0 radical (unpaired) electrons. The lowest BCUT2D eigenvalue weighted by molar-refractivity contribution is 0.197. The highest BCUT2D eigenvalue weighted by atomic mass is 32.2. The summed E-state index contributed by atoms with van der Waals surface area (Å²) >= 11 is 1.44. The Labute approximate surface area is 91.2 Å². The molecule has 0 aliphatic carbocycles. The van der Waals surface area contributed by atoms with Crippen molar-refractivity contribution in [1.82, 2.24) is 0 Å². The van der Waals surface area contributed by atoms with Gasteiger partial charge >= 0.3 is 0 Å². The topological polar surface area (TPSA) is 87.7 Å². The molecule has 6 heteroatoms. The number of nitrogens with two attached hydrogens (primary N) is 1. The molecule has 1 unspecified atom stereocenters. The van der Waals surface area contributed by atoms with Gasteiger partial charge in [0.15, 0.2) is 11.5 Å². The molecule has 82 valence electrons. The molecule has 0 saturated carbocycles. The molecule has 1 atom stereocenters. The van der Waals surface area contributed by atoms with Gasteiger partial charge in [-0.3, -0.25) is 0 Å². The van der Waals surface area contributed by atoms with E-state index in [2.05, 4.69) is 5.32 Å². The van der Waals surface area contributed by atoms with E-state index in [-0.39, 0.29) is 24.5 Å². The number of phenolic OH excluding ortho intramolecular Hbond substituents is 1. The Kier molecular flexibility index (Phi) is 2.90. The Morgan fingerprint density at radius 1 is 1.53 bits per heavy atom. The minimum atomic E-state index is -0.188. The minimum absolute atomic E-state index is 0.0607. The molecule has 0 bridgehead atoms. The number of anilines is 1. The van der Waals surface area contributed by atoms with Gasteiger partial charge in [0.25, 0.3) is 0 Å². The lowest BCUT2D eigenvalue weighted by atomic mass is 10.3. The quantitative estimate of drug-likeness (QED) is 0.564. The highest BCUT2D eigenvalue weighted by molar-refractivity contribution is 8.00. The molecular formula is C9H12N2O3S. The highest BCUT2D eigenvalue weighted by Gasteiger charge is 2.20. The van der Waals surface area contributed by atoms with Crippen molar-refractivity contribution >= 4 is 17.4 Å². The second-order valence-electron chi connectivity index (χ2n) is 3.07. The largest absolute Gasteiger partial charge is 0.504 e. The zero-order chi connectivity index (χ0) is 10.8. The first-order valence-corrected chi connectivity index (χ1v) is 5.38. The maximum Gasteiger partial charge on any atom is 0.163 e. The Balaban J connectivity index is 2.23. The van der Waals surface area contributed by atoms with E-state index in [4.69, 9.17) is 15.6 Å². The van der Waals surface area contributed by atoms with E-state index in [9.17, 15) is 5.11 Å². The van der Waals surface area contributed by atoms with Crippen molar-refractivity contribution in [3.05, 3.63) is 12.1 Å². The summed E-state index contributed by atoms with van der Waals surface area (Å²) in [5.41, 5.74) is 6.33. The van der Waals surface area contributed by atoms with Gasteiger partial charge in [0, 0.05) is 11.0 Å². The predicted octanol–water partition coefficient (Wildman–Crippen LogP) is 0.523. The smallest absolute Gasteiger partial charge is 0.163 e. The van der Waals surface area contributed by atoms with Crippen LogP contribution < -0.4 is 15.8 Å². The maximum absolute atomic E-state index is 9.60. The number of aromatic hydroxyl groups is 1. The molecule has 15 heavy (non-hydrogen) atoms. The molecule has 5 nitrogen and oxygen atoms in total. The number of hydrogen-bond donors (Lipinski definition) is 4. The third kappa shape index (κ3) is 2.11. The van der Waals surface area contributed by atoms with Crippen LogP contribution in [-0.4, -0.2) is 28.9 Å². The van der Waals surface area contributed by atoms with Gasteiger partial charge < -0.3 is 26.0 Å². The number of ether oxygens (including phenoxy) is 1. The number of phenols is 1. The molecule has 1 heterocycles. The van der Waals surface area contributed by atoms with E-state index in [0.717, 1.165) is 10.6 Å². The fourth-order valence-corrected chi connectivity index (χ4v) is 2.23. The molecule has 5 N–H and O–H groups in total. The summed E-state index contributed by atoms with van der Waals surface area (Å²) in [6, 6.07) is 3.28. The second-order valence-corrected chi connectivity index (χ2v) is 4.25. The number of rotatable bonds is 3. The summed E-state index contributed by atoms with van der Waals surface area (Å²) in [5.74, 6) is 0.413. The highest BCUT2D eigenvalue weighted by Crippen LogP contribution is 2.42. The molecule has 1 aliphatic heterocycles. The Bertz CT molecular complexity index is 373. The molecule has 0 saturated heterocycles. The maximum atomic E-state index is 9.60. The summed E-state index contributed by atoms with van der Waals surface area (Å²) in [7, 11) is 0. The van der Waals surface area contributed by atoms with Gasteiger partial charge in [0.05, 0.1) is 12.3 Å². The van der Waals surface area contributed by atoms with Crippen molar-refractivity contribution in [1.29, 1.82) is 0 Å². The number of fused-ring (bicyclic) bond motifs is 1. The van der Waals surface area contributed by atoms with Crippen LogP contribution in [0.3, 0.4) is 0 Å². The van der Waals surface area contributed by atoms with Crippen molar-refractivity contribution in [2.45, 2.75) is 10.4 Å². The first-order chi connectivity index (χ1) is 7.20. The van der Waals surface area contributed by atoms with Gasteiger partial charge in [0.2, 0.25) is 0 Å². The standard InChI is InChI=1S/C9H12N2O3S/c10-9-11-5-3-7(14-2-1-12)6(13)4-8(5)15-9/h3-4,9,11-13H,1-2,10H2. The zero-order valence-corrected chi connectivity index (χ0v) is 8.75. The van der Waals surface area contributed by atoms with Crippen LogP contribution in [0.25, 0.3) is 0 Å². The lowest BCUT2D eigenvalue weighted by Crippen LogP contribution is -2.20. The lowest BCUT2D eigenvalue weighted by Gasteiger charge is -2.08. The van der Waals surface area contributed by atoms with Gasteiger partial charge in [-0.1, -0.05) is 11.8 Å². The summed E-state index contributed by atoms with van der Waals surface area (Å²) < 4.78 is 5.16. The van der Waals surface area contributed by atoms with Gasteiger partial charge in [-0.05, 0) is 6.07 Å². The number of nitrogens with one attached hydrogen (secondary N) is 1. The molecule has 0 spiro atoms. The van der Waals surface area contributed by atoms with E-state index >= 15 is 0 Å². The van der Waals surface area contributed by atoms with Crippen LogP contribution in [0.5, 0.6) is 11.5 Å². The number of hydrogen-bond acceptors (Lipinski definition) is 6. The van der Waals surface area contributed by atoms with Crippen LogP contribution in [0.4, 0.5) is 5.69 Å². The van der Waals surface area contributed by atoms with Crippen molar-refractivity contribution < 1.29 is 14.9 Å². The number of aliphatic hydroxyl groups excluding tert-OH is 1. The fourth-order valence-electron chi connectivity index (χ4n) is 1.35. The average Bonchev–Trinajstić information content (AvgIpc) is 2.53. The number of thioether (sulfide) groups is 1. The van der Waals surface area contributed by atoms with E-state index in [0.29, 0.717) is 5.75 Å². The Morgan fingerprint density at radius 3 is 3.07 bits per heavy atom. The molecule has 1 aromatic carbocycles. The first kappa shape index (κ1) is 10.4. The number of benzene rings is 1. The third-order valence-corrected chi connectivity index (χ3v) is 2.93. The summed E-state index contributed by atoms with van der Waals surface area (Å²) in [6.07, 6.45) is 0. The molecule has 1 aromatic rings. The van der Waals surface area contributed by atoms with Crippen LogP contribution in [0.2, 0.25) is 0 Å². The van der Waals surface area contributed by atoms with E-state index in [1.54, 1.807) is 12.1 Å². The molecular weight excluding hydrogens is 216 g/mol. The number of aliphatic hydroxyl groups is 1. The van der Waals surface area contributed by atoms with E-state index in [1.165, 1.54) is 11.8 Å². The summed E-state index contributed by atoms with van der Waals surface area (Å²) in [6.45, 7) is 0.0732. The molecule has 0 amide bonds. The normalized spacial score (nSPS) is 18.4. The summed E-state index contributed by atoms with van der Waals surface area (Å²) in [4.78, 5) is 0.899. The van der Waals surface area contributed by atoms with Crippen molar-refractivity contribution in [3.8, 4) is 11.5 Å². The van der Waals surface area contributed by atoms with Crippen LogP contribution in [0.1, 0.15) is 0 Å². The van der Waals surface area contributed by atoms with Gasteiger partial charge in [0.1, 0.15) is 12.1 Å². The summed E-state index contributed by atoms with van der Waals surface area (Å²) in [5, 5.41) is 21.2. The Hall–Kier alpha value is -1.11. The van der Waals surface area contributed by atoms with E-state index < -0.39 is 0 Å². The SMILES string of the molecule is NC1Nc2cc(OCCO)c(O)cc2S1. The van der Waals surface area contributed by atoms with Gasteiger partial charge in [-0.15, -0.1) is 0 Å². The molecule has 1 aliphatic rings.